The summed E-state index contributed by atoms with van der Waals surface area (Å²) in [5.41, 5.74) is 4.00. The largest absolute Gasteiger partial charge is 0.484 e. The van der Waals surface area contributed by atoms with E-state index in [4.69, 9.17) is 74.8 Å². The van der Waals surface area contributed by atoms with Gasteiger partial charge in [0.15, 0.2) is 0 Å². The molecule has 450 valence electrons. The summed E-state index contributed by atoms with van der Waals surface area (Å²) in [5, 5.41) is 13.3. The molecule has 0 radical (unpaired) electrons. The Morgan fingerprint density at radius 2 is 0.805 bits per heavy atom. The number of sulfonamides is 2. The number of amides is 4. The van der Waals surface area contributed by atoms with Crippen LogP contribution in [0.5, 0.6) is 11.5 Å². The minimum Gasteiger partial charge on any atom is -0.484 e. The minimum atomic E-state index is -3.79. The lowest BCUT2D eigenvalue weighted by molar-refractivity contribution is 0.0516. The third kappa shape index (κ3) is 18.6. The van der Waals surface area contributed by atoms with Crippen molar-refractivity contribution in [1.29, 1.82) is 0 Å². The zero-order chi connectivity index (χ0) is 57.9. The van der Waals surface area contributed by atoms with E-state index in [1.807, 2.05) is 12.1 Å². The molecule has 2 fully saturated rings. The van der Waals surface area contributed by atoms with Crippen LogP contribution >= 0.6 is 46.4 Å². The Morgan fingerprint density at radius 1 is 0.463 bits per heavy atom. The van der Waals surface area contributed by atoms with E-state index in [-0.39, 0.29) is 125 Å². The number of benzene rings is 4. The molecule has 26 heteroatoms. The van der Waals surface area contributed by atoms with E-state index in [0.29, 0.717) is 57.5 Å². The highest BCUT2D eigenvalue weighted by Gasteiger charge is 2.42. The number of carbonyl (C=O) groups is 2. The van der Waals surface area contributed by atoms with Gasteiger partial charge in [0.05, 0.1) is 74.7 Å². The van der Waals surface area contributed by atoms with Crippen molar-refractivity contribution in [3.05, 3.63) is 115 Å². The van der Waals surface area contributed by atoms with Crippen LogP contribution in [0.25, 0.3) is 0 Å². The fourth-order valence-corrected chi connectivity index (χ4v) is 13.7. The third-order valence-corrected chi connectivity index (χ3v) is 18.7. The normalized spacial score (nSPS) is 19.0. The number of ether oxygens (including phenoxy) is 6. The van der Waals surface area contributed by atoms with Crippen molar-refractivity contribution < 1.29 is 54.8 Å². The summed E-state index contributed by atoms with van der Waals surface area (Å²) < 4.78 is 92.1. The lowest BCUT2D eigenvalue weighted by atomic mass is 10.1. The molecule has 4 aromatic rings. The van der Waals surface area contributed by atoms with Gasteiger partial charge in [-0.1, -0.05) is 46.4 Å². The molecule has 4 aromatic carbocycles. The molecule has 0 saturated carbocycles. The summed E-state index contributed by atoms with van der Waals surface area (Å²) in [6.07, 6.45) is 6.79. The summed E-state index contributed by atoms with van der Waals surface area (Å²) in [4.78, 5) is 29.3. The summed E-state index contributed by atoms with van der Waals surface area (Å²) >= 11 is 25.9. The second kappa shape index (κ2) is 31.8. The van der Waals surface area contributed by atoms with Gasteiger partial charge in [0.2, 0.25) is 20.0 Å². The maximum atomic E-state index is 13.0. The Balaban J connectivity index is 0.572. The number of fused-ring (bicyclic) bond motifs is 2. The molecule has 0 bridgehead atoms. The number of nitrogens with one attached hydrogen (secondary N) is 6. The molecular formula is C56H74Cl4N8O12S2. The van der Waals surface area contributed by atoms with Crippen molar-refractivity contribution in [2.45, 2.75) is 85.4 Å². The Labute approximate surface area is 501 Å². The van der Waals surface area contributed by atoms with Gasteiger partial charge < -0.3 is 49.7 Å². The van der Waals surface area contributed by atoms with Gasteiger partial charge >= 0.3 is 12.1 Å². The Kier molecular flexibility index (Phi) is 24.7. The number of carbonyl (C=O) groups excluding carboxylic acids is 2. The average Bonchev–Trinajstić information content (AvgIpc) is 4.41. The van der Waals surface area contributed by atoms with Crippen LogP contribution in [-0.4, -0.2) is 169 Å². The van der Waals surface area contributed by atoms with Gasteiger partial charge in [-0.3, -0.25) is 9.80 Å². The van der Waals surface area contributed by atoms with E-state index < -0.39 is 20.0 Å². The first kappa shape index (κ1) is 63.8. The van der Waals surface area contributed by atoms with Crippen LogP contribution in [0.15, 0.2) is 82.6 Å². The molecule has 2 aliphatic heterocycles. The van der Waals surface area contributed by atoms with Crippen molar-refractivity contribution in [3.8, 4) is 11.5 Å². The first-order valence-electron chi connectivity index (χ1n) is 28.0. The van der Waals surface area contributed by atoms with Crippen molar-refractivity contribution >= 4 is 78.5 Å². The molecule has 0 unspecified atom stereocenters. The van der Waals surface area contributed by atoms with Crippen LogP contribution in [0, 0.1) is 0 Å². The van der Waals surface area contributed by atoms with Crippen LogP contribution in [-0.2, 0) is 51.8 Å². The van der Waals surface area contributed by atoms with E-state index in [1.54, 1.807) is 36.4 Å². The van der Waals surface area contributed by atoms with Gasteiger partial charge in [-0.25, -0.2) is 35.9 Å². The molecule has 82 heavy (non-hydrogen) atoms. The summed E-state index contributed by atoms with van der Waals surface area (Å²) in [7, 11) is -7.58. The second-order valence-electron chi connectivity index (χ2n) is 20.3. The minimum absolute atomic E-state index is 0.0696. The molecule has 2 aliphatic carbocycles. The first-order valence-corrected chi connectivity index (χ1v) is 32.4. The van der Waals surface area contributed by atoms with Gasteiger partial charge in [-0.2, -0.15) is 0 Å². The van der Waals surface area contributed by atoms with Crippen molar-refractivity contribution in [1.82, 2.24) is 40.5 Å². The average molecular weight is 1260 g/mol. The van der Waals surface area contributed by atoms with Gasteiger partial charge in [-0.15, -0.1) is 0 Å². The highest BCUT2D eigenvalue weighted by molar-refractivity contribution is 7.89. The molecular weight excluding hydrogens is 1180 g/mol. The number of likely N-dealkylation sites (tertiary alicyclic amines) is 2. The van der Waals surface area contributed by atoms with Crippen molar-refractivity contribution in [3.63, 3.8) is 0 Å². The number of rotatable bonds is 33. The number of nitrogens with zero attached hydrogens (tertiary/aromatic N) is 2. The van der Waals surface area contributed by atoms with E-state index in [2.05, 4.69) is 40.5 Å². The Bertz CT molecular complexity index is 2750. The number of halogens is 4. The fraction of sp³-hybridized carbons (Fsp3) is 0.536. The lowest BCUT2D eigenvalue weighted by Gasteiger charge is -2.30. The van der Waals surface area contributed by atoms with Crippen molar-refractivity contribution in [2.24, 2.45) is 0 Å². The quantitative estimate of drug-likeness (QED) is 0.0257. The molecule has 6 N–H and O–H groups in total. The zero-order valence-electron chi connectivity index (χ0n) is 45.7. The van der Waals surface area contributed by atoms with Crippen LogP contribution < -0.4 is 40.2 Å². The van der Waals surface area contributed by atoms with E-state index in [0.717, 1.165) is 87.0 Å². The molecule has 2 heterocycles. The SMILES string of the molecule is O=C(NCCCCNC(=O)NCCOCCOCCNS(=O)(=O)c1ccc(O[C@H]2c3cc(Cl)cc(Cl)c3C[C@@H]2N2CCCC2)cc1)NCCOCCOCCNS(=O)(=O)c1ccc(O[C@H]2c3cc(Cl)cc(Cl)c3C[C@@H]2N2CCCC2)cc1. The maximum Gasteiger partial charge on any atom is 0.314 e. The molecule has 4 atom stereocenters. The Hall–Kier alpha value is -4.24. The maximum absolute atomic E-state index is 13.0. The van der Waals surface area contributed by atoms with Crippen LogP contribution in [0.4, 0.5) is 9.59 Å². The van der Waals surface area contributed by atoms with Gasteiger partial charge in [0, 0.05) is 70.5 Å². The first-order chi connectivity index (χ1) is 39.6. The van der Waals surface area contributed by atoms with Gasteiger partial charge in [0.25, 0.3) is 0 Å². The standard InChI is InChI=1S/C56H74Cl4N8O12S2/c57-39-33-47-45(49(59)35-39)37-51(67-21-3-4-22-67)53(47)79-41-7-11-43(12-8-41)81(71,72)65-19-27-77-31-29-75-25-17-63-55(69)61-15-1-2-16-62-56(70)64-18-26-76-30-32-78-28-20-66-82(73,74)44-13-9-42(10-14-44)80-54-48-34-40(58)36-50(60)46(48)38-52(54)68-23-5-6-24-68/h7-14,33-36,51-54,65-66H,1-6,15-32,37-38H2,(H2,61,63,69)(H2,62,64,70)/t51-,52-,53-,54-/m0/s1. The highest BCUT2D eigenvalue weighted by atomic mass is 35.5. The van der Waals surface area contributed by atoms with E-state index >= 15 is 0 Å². The third-order valence-electron chi connectivity index (χ3n) is 14.6. The molecule has 20 nitrogen and oxygen atoms in total. The second-order valence-corrected chi connectivity index (χ2v) is 25.5. The predicted octanol–water partition coefficient (Wildman–Crippen LogP) is 7.28. The zero-order valence-corrected chi connectivity index (χ0v) is 50.4. The molecule has 0 aromatic heterocycles. The van der Waals surface area contributed by atoms with Crippen LogP contribution in [0.2, 0.25) is 20.1 Å². The van der Waals surface area contributed by atoms with E-state index in [1.165, 1.54) is 24.3 Å². The molecule has 2 saturated heterocycles. The smallest absolute Gasteiger partial charge is 0.314 e. The van der Waals surface area contributed by atoms with Gasteiger partial charge in [-0.05, 0) is 161 Å². The number of hydrogen-bond donors (Lipinski definition) is 6. The van der Waals surface area contributed by atoms with E-state index in [9.17, 15) is 26.4 Å². The lowest BCUT2D eigenvalue weighted by Crippen LogP contribution is -2.39. The summed E-state index contributed by atoms with van der Waals surface area (Å²) in [6.45, 7) is 7.34. The molecule has 4 amide bonds. The monoisotopic (exact) mass is 1250 g/mol. The van der Waals surface area contributed by atoms with Gasteiger partial charge in [0.1, 0.15) is 23.7 Å². The molecule has 0 spiro atoms. The van der Waals surface area contributed by atoms with Crippen molar-refractivity contribution in [2.75, 3.05) is 118 Å². The summed E-state index contributed by atoms with van der Waals surface area (Å²) in [5.74, 6) is 1.10. The topological polar surface area (TPSA) is 236 Å². The number of urea groups is 2. The highest BCUT2D eigenvalue weighted by Crippen LogP contribution is 2.45. The number of hydrogen-bond acceptors (Lipinski definition) is 14. The predicted molar refractivity (Wildman–Crippen MR) is 315 cm³/mol. The fourth-order valence-electron chi connectivity index (χ4n) is 10.6. The summed E-state index contributed by atoms with van der Waals surface area (Å²) in [6, 6.07) is 19.6. The Morgan fingerprint density at radius 3 is 1.17 bits per heavy atom. The van der Waals surface area contributed by atoms with Crippen LogP contribution in [0.3, 0.4) is 0 Å². The number of unbranched alkanes of at least 4 members (excludes halogenated alkanes) is 1. The van der Waals surface area contributed by atoms with Crippen LogP contribution in [0.1, 0.15) is 73.0 Å². The molecule has 4 aliphatic rings. The molecule has 8 rings (SSSR count).